The van der Waals surface area contributed by atoms with Crippen molar-refractivity contribution in [2.45, 2.75) is 27.3 Å². The van der Waals surface area contributed by atoms with Crippen molar-refractivity contribution in [3.8, 4) is 5.75 Å². The van der Waals surface area contributed by atoms with Gasteiger partial charge >= 0.3 is 0 Å². The molecule has 24 heavy (non-hydrogen) atoms. The molecule has 0 heterocycles. The van der Waals surface area contributed by atoms with Gasteiger partial charge in [0.1, 0.15) is 5.75 Å². The number of rotatable bonds is 8. The van der Waals surface area contributed by atoms with E-state index in [1.807, 2.05) is 24.3 Å². The largest absolute Gasteiger partial charge is 0.497 e. The zero-order valence-electron chi connectivity index (χ0n) is 15.8. The maximum Gasteiger partial charge on any atom is 0.191 e. The zero-order chi connectivity index (χ0) is 17.3. The summed E-state index contributed by atoms with van der Waals surface area (Å²) in [7, 11) is 5.88. The summed E-state index contributed by atoms with van der Waals surface area (Å²) in [4.78, 5) is 6.87. The highest BCUT2D eigenvalue weighted by Gasteiger charge is 2.19. The number of nitrogens with one attached hydrogen (secondary N) is 2. The Hall–Kier alpha value is -1.02. The summed E-state index contributed by atoms with van der Waals surface area (Å²) in [6.45, 7) is 9.99. The first-order valence-corrected chi connectivity index (χ1v) is 8.16. The van der Waals surface area contributed by atoms with Crippen LogP contribution in [-0.4, -0.2) is 51.7 Å². The minimum absolute atomic E-state index is 0. The van der Waals surface area contributed by atoms with Crippen LogP contribution in [0.5, 0.6) is 5.75 Å². The maximum absolute atomic E-state index is 5.18. The van der Waals surface area contributed by atoms with Crippen LogP contribution in [-0.2, 0) is 6.54 Å². The van der Waals surface area contributed by atoms with Gasteiger partial charge in [-0.05, 0) is 44.1 Å². The summed E-state index contributed by atoms with van der Waals surface area (Å²) in [6.07, 6.45) is 0. The van der Waals surface area contributed by atoms with Gasteiger partial charge in [-0.15, -0.1) is 24.0 Å². The monoisotopic (exact) mass is 448 g/mol. The second-order valence-electron chi connectivity index (χ2n) is 6.80. The molecule has 5 nitrogen and oxygen atoms in total. The van der Waals surface area contributed by atoms with Crippen LogP contribution in [0.15, 0.2) is 29.3 Å². The van der Waals surface area contributed by atoms with Crippen LogP contribution in [0.25, 0.3) is 0 Å². The van der Waals surface area contributed by atoms with E-state index in [2.05, 4.69) is 55.4 Å². The molecule has 2 N–H and O–H groups in total. The molecule has 1 aromatic carbocycles. The first-order valence-electron chi connectivity index (χ1n) is 8.16. The Morgan fingerprint density at radius 1 is 1.17 bits per heavy atom. The van der Waals surface area contributed by atoms with Gasteiger partial charge in [0.2, 0.25) is 0 Å². The Balaban J connectivity index is 0.00000529. The van der Waals surface area contributed by atoms with Crippen molar-refractivity contribution in [2.24, 2.45) is 10.4 Å². The van der Waals surface area contributed by atoms with Crippen molar-refractivity contribution in [1.29, 1.82) is 0 Å². The molecule has 0 amide bonds. The van der Waals surface area contributed by atoms with Gasteiger partial charge in [-0.2, -0.15) is 0 Å². The summed E-state index contributed by atoms with van der Waals surface area (Å²) >= 11 is 0. The number of hydrogen-bond donors (Lipinski definition) is 2. The average Bonchev–Trinajstić information content (AvgIpc) is 2.49. The minimum atomic E-state index is 0. The van der Waals surface area contributed by atoms with Crippen molar-refractivity contribution < 1.29 is 4.74 Å². The van der Waals surface area contributed by atoms with E-state index < -0.39 is 0 Å². The van der Waals surface area contributed by atoms with Crippen LogP contribution in [0.3, 0.4) is 0 Å². The summed E-state index contributed by atoms with van der Waals surface area (Å²) < 4.78 is 5.18. The van der Waals surface area contributed by atoms with Crippen LogP contribution in [0.4, 0.5) is 0 Å². The average molecular weight is 448 g/mol. The predicted octanol–water partition coefficient (Wildman–Crippen LogP) is 2.96. The molecule has 138 valence electrons. The second-order valence-corrected chi connectivity index (χ2v) is 6.80. The van der Waals surface area contributed by atoms with E-state index in [1.54, 1.807) is 7.11 Å². The van der Waals surface area contributed by atoms with Gasteiger partial charge in [-0.25, -0.2) is 4.99 Å². The number of benzene rings is 1. The number of hydrogen-bond acceptors (Lipinski definition) is 3. The highest BCUT2D eigenvalue weighted by atomic mass is 127. The first-order chi connectivity index (χ1) is 10.9. The molecular weight excluding hydrogens is 415 g/mol. The van der Waals surface area contributed by atoms with Crippen molar-refractivity contribution in [3.63, 3.8) is 0 Å². The number of ether oxygens (including phenoxy) is 1. The second kappa shape index (κ2) is 11.5. The van der Waals surface area contributed by atoms with Crippen molar-refractivity contribution >= 4 is 29.9 Å². The molecular formula is C18H33IN4O. The summed E-state index contributed by atoms with van der Waals surface area (Å²) in [5, 5.41) is 6.75. The zero-order valence-corrected chi connectivity index (χ0v) is 18.2. The van der Waals surface area contributed by atoms with E-state index in [-0.39, 0.29) is 29.4 Å². The van der Waals surface area contributed by atoms with Crippen LogP contribution in [0.1, 0.15) is 26.3 Å². The Bertz CT molecular complexity index is 486. The molecule has 0 saturated heterocycles. The molecule has 0 atom stereocenters. The lowest BCUT2D eigenvalue weighted by molar-refractivity contribution is 0.241. The van der Waals surface area contributed by atoms with Gasteiger partial charge in [0.15, 0.2) is 5.96 Å². The van der Waals surface area contributed by atoms with Gasteiger partial charge in [-0.3, -0.25) is 0 Å². The third kappa shape index (κ3) is 9.32. The van der Waals surface area contributed by atoms with Crippen LogP contribution < -0.4 is 15.4 Å². The van der Waals surface area contributed by atoms with Gasteiger partial charge < -0.3 is 20.3 Å². The predicted molar refractivity (Wildman–Crippen MR) is 114 cm³/mol. The molecule has 0 radical (unpaired) electrons. The molecule has 0 saturated carbocycles. The molecule has 0 unspecified atom stereocenters. The van der Waals surface area contributed by atoms with Gasteiger partial charge in [0.25, 0.3) is 0 Å². The smallest absolute Gasteiger partial charge is 0.191 e. The van der Waals surface area contributed by atoms with Gasteiger partial charge in [0, 0.05) is 19.6 Å². The summed E-state index contributed by atoms with van der Waals surface area (Å²) in [5.74, 6) is 1.73. The normalized spacial score (nSPS) is 11.9. The highest BCUT2D eigenvalue weighted by molar-refractivity contribution is 14.0. The molecule has 0 bridgehead atoms. The molecule has 1 rings (SSSR count). The third-order valence-corrected chi connectivity index (χ3v) is 3.40. The van der Waals surface area contributed by atoms with Crippen LogP contribution >= 0.6 is 24.0 Å². The lowest BCUT2D eigenvalue weighted by Gasteiger charge is -2.29. The standard InChI is InChI=1S/C18H32N4O.HI/c1-7-19-17(21-13-18(2,3)14-22(4)5)20-12-15-8-10-16(23-6)11-9-15;/h8-11H,7,12-14H2,1-6H3,(H2,19,20,21);1H. The van der Waals surface area contributed by atoms with E-state index in [1.165, 1.54) is 0 Å². The number of guanidine groups is 1. The molecule has 0 spiro atoms. The fraction of sp³-hybridized carbons (Fsp3) is 0.611. The molecule has 6 heteroatoms. The fourth-order valence-corrected chi connectivity index (χ4v) is 2.48. The molecule has 0 aliphatic heterocycles. The van der Waals surface area contributed by atoms with E-state index in [0.717, 1.165) is 36.9 Å². The van der Waals surface area contributed by atoms with Gasteiger partial charge in [0.05, 0.1) is 13.7 Å². The van der Waals surface area contributed by atoms with Crippen molar-refractivity contribution in [3.05, 3.63) is 29.8 Å². The fourth-order valence-electron chi connectivity index (χ4n) is 2.48. The number of aliphatic imine (C=N–C) groups is 1. The SMILES string of the molecule is CCNC(=NCc1ccc(OC)cc1)NCC(C)(C)CN(C)C.I. The Kier molecular flexibility index (Phi) is 11.0. The quantitative estimate of drug-likeness (QED) is 0.365. The topological polar surface area (TPSA) is 48.9 Å². The lowest BCUT2D eigenvalue weighted by Crippen LogP contribution is -2.44. The number of nitrogens with zero attached hydrogens (tertiary/aromatic N) is 2. The minimum Gasteiger partial charge on any atom is -0.497 e. The van der Waals surface area contributed by atoms with Gasteiger partial charge in [-0.1, -0.05) is 26.0 Å². The molecule has 0 fully saturated rings. The lowest BCUT2D eigenvalue weighted by atomic mass is 9.93. The van der Waals surface area contributed by atoms with Crippen molar-refractivity contribution in [1.82, 2.24) is 15.5 Å². The maximum atomic E-state index is 5.18. The summed E-state index contributed by atoms with van der Waals surface area (Å²) in [5.41, 5.74) is 1.34. The van der Waals surface area contributed by atoms with Crippen LogP contribution in [0.2, 0.25) is 0 Å². The molecule has 0 aromatic heterocycles. The highest BCUT2D eigenvalue weighted by Crippen LogP contribution is 2.14. The van der Waals surface area contributed by atoms with Crippen molar-refractivity contribution in [2.75, 3.05) is 40.8 Å². The summed E-state index contributed by atoms with van der Waals surface area (Å²) in [6, 6.07) is 8.01. The van der Waals surface area contributed by atoms with E-state index in [4.69, 9.17) is 4.74 Å². The van der Waals surface area contributed by atoms with E-state index in [9.17, 15) is 0 Å². The Morgan fingerprint density at radius 2 is 1.79 bits per heavy atom. The Labute approximate surface area is 164 Å². The molecule has 0 aliphatic carbocycles. The van der Waals surface area contributed by atoms with E-state index >= 15 is 0 Å². The molecule has 1 aromatic rings. The molecule has 0 aliphatic rings. The first kappa shape index (κ1) is 23.0. The Morgan fingerprint density at radius 3 is 2.29 bits per heavy atom. The van der Waals surface area contributed by atoms with E-state index in [0.29, 0.717) is 6.54 Å². The number of methoxy groups -OCH3 is 1. The third-order valence-electron chi connectivity index (χ3n) is 3.40. The number of halogens is 1. The van der Waals surface area contributed by atoms with Crippen LogP contribution in [0, 0.1) is 5.41 Å².